The zero-order valence-electron chi connectivity index (χ0n) is 7.40. The van der Waals surface area contributed by atoms with Crippen LogP contribution in [0.4, 0.5) is 0 Å². The normalized spacial score (nSPS) is 15.1. The van der Waals surface area contributed by atoms with Crippen molar-refractivity contribution >= 4 is 27.5 Å². The quantitative estimate of drug-likeness (QED) is 0.828. The molecule has 0 saturated carbocycles. The number of hydrogen-bond donors (Lipinski definition) is 2. The molecule has 0 aliphatic carbocycles. The van der Waals surface area contributed by atoms with Gasteiger partial charge >= 0.3 is 0 Å². The van der Waals surface area contributed by atoms with E-state index < -0.39 is 12.2 Å². The van der Waals surface area contributed by atoms with Gasteiger partial charge in [0.2, 0.25) is 0 Å². The summed E-state index contributed by atoms with van der Waals surface area (Å²) in [6.45, 7) is 0. The molecule has 2 atom stereocenters. The fraction of sp³-hybridized carbons (Fsp3) is 0.444. The van der Waals surface area contributed by atoms with Gasteiger partial charge in [-0.25, -0.2) is 0 Å². The SMILES string of the molecule is OC(CCCl)C(O)c1cncc(Br)c1. The Labute approximate surface area is 95.9 Å². The van der Waals surface area contributed by atoms with E-state index in [1.807, 2.05) is 0 Å². The maximum atomic E-state index is 9.68. The molecule has 0 radical (unpaired) electrons. The van der Waals surface area contributed by atoms with E-state index in [1.165, 1.54) is 6.20 Å². The van der Waals surface area contributed by atoms with Gasteiger partial charge in [-0.2, -0.15) is 0 Å². The number of aliphatic hydroxyl groups is 2. The van der Waals surface area contributed by atoms with Crippen LogP contribution in [0.3, 0.4) is 0 Å². The first-order valence-electron chi connectivity index (χ1n) is 4.17. The number of alkyl halides is 1. The molecule has 1 aromatic heterocycles. The standard InChI is InChI=1S/C9H11BrClNO2/c10-7-3-6(4-12-5-7)9(14)8(13)1-2-11/h3-5,8-9,13-14H,1-2H2. The van der Waals surface area contributed by atoms with E-state index in [4.69, 9.17) is 11.6 Å². The van der Waals surface area contributed by atoms with Gasteiger partial charge < -0.3 is 10.2 Å². The first kappa shape index (κ1) is 11.9. The summed E-state index contributed by atoms with van der Waals surface area (Å²) in [6, 6.07) is 1.72. The lowest BCUT2D eigenvalue weighted by molar-refractivity contribution is 0.0168. The average Bonchev–Trinajstić information content (AvgIpc) is 2.17. The average molecular weight is 281 g/mol. The van der Waals surface area contributed by atoms with Gasteiger partial charge in [-0.3, -0.25) is 4.98 Å². The lowest BCUT2D eigenvalue weighted by Crippen LogP contribution is -2.18. The molecule has 0 aromatic carbocycles. The highest BCUT2D eigenvalue weighted by atomic mass is 79.9. The third kappa shape index (κ3) is 3.20. The van der Waals surface area contributed by atoms with E-state index in [0.29, 0.717) is 17.9 Å². The van der Waals surface area contributed by atoms with Crippen molar-refractivity contribution in [3.05, 3.63) is 28.5 Å². The predicted octanol–water partition coefficient (Wildman–Crippen LogP) is 1.87. The summed E-state index contributed by atoms with van der Waals surface area (Å²) in [5.41, 5.74) is 0.581. The Hall–Kier alpha value is -0.160. The highest BCUT2D eigenvalue weighted by Gasteiger charge is 2.17. The van der Waals surface area contributed by atoms with E-state index in [1.54, 1.807) is 12.3 Å². The van der Waals surface area contributed by atoms with Crippen LogP contribution in [0.5, 0.6) is 0 Å². The lowest BCUT2D eigenvalue weighted by atomic mass is 10.1. The van der Waals surface area contributed by atoms with Crippen molar-refractivity contribution in [3.8, 4) is 0 Å². The number of halogens is 2. The van der Waals surface area contributed by atoms with Crippen LogP contribution in [-0.2, 0) is 0 Å². The number of aromatic nitrogens is 1. The molecule has 3 nitrogen and oxygen atoms in total. The second-order valence-electron chi connectivity index (χ2n) is 2.93. The van der Waals surface area contributed by atoms with Gasteiger partial charge in [0.25, 0.3) is 0 Å². The zero-order chi connectivity index (χ0) is 10.6. The molecule has 0 bridgehead atoms. The van der Waals surface area contributed by atoms with Crippen LogP contribution in [0.15, 0.2) is 22.9 Å². The smallest absolute Gasteiger partial charge is 0.106 e. The Morgan fingerprint density at radius 1 is 1.43 bits per heavy atom. The fourth-order valence-electron chi connectivity index (χ4n) is 1.08. The molecule has 5 heteroatoms. The number of pyridine rings is 1. The molecule has 2 unspecified atom stereocenters. The molecule has 0 amide bonds. The fourth-order valence-corrected chi connectivity index (χ4v) is 1.69. The van der Waals surface area contributed by atoms with Gasteiger partial charge in [0.15, 0.2) is 0 Å². The molecule has 0 aliphatic rings. The molecular weight excluding hydrogens is 269 g/mol. The Morgan fingerprint density at radius 2 is 2.14 bits per heavy atom. The zero-order valence-corrected chi connectivity index (χ0v) is 9.74. The summed E-state index contributed by atoms with van der Waals surface area (Å²) in [5.74, 6) is 0.319. The van der Waals surface area contributed by atoms with E-state index >= 15 is 0 Å². The highest BCUT2D eigenvalue weighted by Crippen LogP contribution is 2.21. The Kier molecular flexibility index (Phi) is 4.81. The van der Waals surface area contributed by atoms with Crippen LogP contribution in [0.2, 0.25) is 0 Å². The van der Waals surface area contributed by atoms with Gasteiger partial charge in [-0.05, 0) is 28.4 Å². The van der Waals surface area contributed by atoms with Crippen molar-refractivity contribution in [2.75, 3.05) is 5.88 Å². The third-order valence-electron chi connectivity index (χ3n) is 1.84. The first-order valence-corrected chi connectivity index (χ1v) is 5.50. The summed E-state index contributed by atoms with van der Waals surface area (Å²) in [4.78, 5) is 3.90. The Morgan fingerprint density at radius 3 is 2.71 bits per heavy atom. The molecule has 1 aromatic rings. The molecule has 2 N–H and O–H groups in total. The molecular formula is C9H11BrClNO2. The van der Waals surface area contributed by atoms with Crippen molar-refractivity contribution in [1.29, 1.82) is 0 Å². The van der Waals surface area contributed by atoms with Gasteiger partial charge in [0, 0.05) is 28.3 Å². The monoisotopic (exact) mass is 279 g/mol. The van der Waals surface area contributed by atoms with Gasteiger partial charge in [0.05, 0.1) is 6.10 Å². The number of aliphatic hydroxyl groups excluding tert-OH is 2. The van der Waals surface area contributed by atoms with Gasteiger partial charge in [-0.15, -0.1) is 11.6 Å². The minimum atomic E-state index is -0.932. The van der Waals surface area contributed by atoms with Crippen molar-refractivity contribution in [2.45, 2.75) is 18.6 Å². The van der Waals surface area contributed by atoms with Crippen molar-refractivity contribution in [2.24, 2.45) is 0 Å². The van der Waals surface area contributed by atoms with Crippen molar-refractivity contribution in [3.63, 3.8) is 0 Å². The van der Waals surface area contributed by atoms with E-state index in [-0.39, 0.29) is 0 Å². The van der Waals surface area contributed by atoms with E-state index in [9.17, 15) is 10.2 Å². The maximum absolute atomic E-state index is 9.68. The van der Waals surface area contributed by atoms with Crippen LogP contribution < -0.4 is 0 Å². The number of hydrogen-bond acceptors (Lipinski definition) is 3. The van der Waals surface area contributed by atoms with Crippen LogP contribution in [-0.4, -0.2) is 27.2 Å². The van der Waals surface area contributed by atoms with Crippen LogP contribution in [0.25, 0.3) is 0 Å². The van der Waals surface area contributed by atoms with E-state index in [2.05, 4.69) is 20.9 Å². The predicted molar refractivity (Wildman–Crippen MR) is 58.2 cm³/mol. The van der Waals surface area contributed by atoms with Crippen LogP contribution in [0.1, 0.15) is 18.1 Å². The van der Waals surface area contributed by atoms with Crippen molar-refractivity contribution in [1.82, 2.24) is 4.98 Å². The molecule has 0 saturated heterocycles. The molecule has 1 rings (SSSR count). The summed E-state index contributed by atoms with van der Waals surface area (Å²) in [6.07, 6.45) is 1.72. The summed E-state index contributed by atoms with van der Waals surface area (Å²) in [7, 11) is 0. The van der Waals surface area contributed by atoms with Gasteiger partial charge in [0.1, 0.15) is 6.10 Å². The highest BCUT2D eigenvalue weighted by molar-refractivity contribution is 9.10. The molecule has 14 heavy (non-hydrogen) atoms. The number of rotatable bonds is 4. The minimum absolute atomic E-state index is 0.319. The second kappa shape index (κ2) is 5.66. The van der Waals surface area contributed by atoms with Crippen LogP contribution >= 0.6 is 27.5 Å². The number of nitrogens with zero attached hydrogens (tertiary/aromatic N) is 1. The lowest BCUT2D eigenvalue weighted by Gasteiger charge is -2.16. The summed E-state index contributed by atoms with van der Waals surface area (Å²) < 4.78 is 0.770. The first-order chi connectivity index (χ1) is 6.65. The van der Waals surface area contributed by atoms with Crippen molar-refractivity contribution < 1.29 is 10.2 Å². The van der Waals surface area contributed by atoms with Gasteiger partial charge in [-0.1, -0.05) is 0 Å². The minimum Gasteiger partial charge on any atom is -0.390 e. The largest absolute Gasteiger partial charge is 0.390 e. The summed E-state index contributed by atoms with van der Waals surface area (Å²) in [5, 5.41) is 19.2. The maximum Gasteiger partial charge on any atom is 0.106 e. The topological polar surface area (TPSA) is 53.4 Å². The van der Waals surface area contributed by atoms with E-state index in [0.717, 1.165) is 4.47 Å². The Bertz CT molecular complexity index is 298. The molecule has 78 valence electrons. The molecule has 1 heterocycles. The molecule has 0 fully saturated rings. The summed E-state index contributed by atoms with van der Waals surface area (Å²) >= 11 is 8.70. The van der Waals surface area contributed by atoms with Crippen LogP contribution in [0, 0.1) is 0 Å². The Balaban J connectivity index is 2.73. The second-order valence-corrected chi connectivity index (χ2v) is 4.22. The molecule has 0 spiro atoms. The third-order valence-corrected chi connectivity index (χ3v) is 2.49. The molecule has 0 aliphatic heterocycles.